The van der Waals surface area contributed by atoms with Crippen molar-refractivity contribution < 1.29 is 0 Å². The van der Waals surface area contributed by atoms with Crippen LogP contribution in [-0.2, 0) is 0 Å². The number of hydrogen-bond acceptors (Lipinski definition) is 4. The molecule has 40 heavy (non-hydrogen) atoms. The van der Waals surface area contributed by atoms with E-state index in [-0.39, 0.29) is 11.4 Å². The lowest BCUT2D eigenvalue weighted by molar-refractivity contribution is 1.18. The van der Waals surface area contributed by atoms with Gasteiger partial charge in [0.05, 0.1) is 22.8 Å². The van der Waals surface area contributed by atoms with Crippen molar-refractivity contribution in [3.8, 4) is 45.0 Å². The van der Waals surface area contributed by atoms with E-state index in [4.69, 9.17) is 20.8 Å². The number of benzene rings is 5. The molecule has 1 aromatic heterocycles. The van der Waals surface area contributed by atoms with Gasteiger partial charge in [0.1, 0.15) is 0 Å². The molecule has 4 heteroatoms. The number of nitrogens with one attached hydrogen (secondary N) is 2. The Bertz CT molecular complexity index is 1950. The molecule has 0 unspecified atom stereocenters. The maximum atomic E-state index is 8.60. The monoisotopic (exact) mass is 512 g/mol. The summed E-state index contributed by atoms with van der Waals surface area (Å²) in [5, 5.41) is 18.7. The van der Waals surface area contributed by atoms with E-state index < -0.39 is 0 Å². The molecule has 188 valence electrons. The van der Waals surface area contributed by atoms with Crippen LogP contribution in [0.2, 0.25) is 0 Å². The van der Waals surface area contributed by atoms with Crippen LogP contribution in [0.1, 0.15) is 11.1 Å². The smallest absolute Gasteiger partial charge is 0.160 e. The van der Waals surface area contributed by atoms with Crippen LogP contribution in [0.3, 0.4) is 0 Å². The Morgan fingerprint density at radius 2 is 1.02 bits per heavy atom. The fraction of sp³-hybridized carbons (Fsp3) is 0. The Hall–Kier alpha value is -5.48. The number of rotatable bonds is 4. The third kappa shape index (κ3) is 4.22. The van der Waals surface area contributed by atoms with Gasteiger partial charge in [0.15, 0.2) is 5.82 Å². The van der Waals surface area contributed by atoms with Gasteiger partial charge in [-0.25, -0.2) is 9.97 Å². The van der Waals surface area contributed by atoms with E-state index in [1.807, 2.05) is 66.7 Å². The highest BCUT2D eigenvalue weighted by molar-refractivity contribution is 6.53. The van der Waals surface area contributed by atoms with Crippen molar-refractivity contribution in [1.29, 1.82) is 10.8 Å². The lowest BCUT2D eigenvalue weighted by atomic mass is 9.88. The molecule has 0 saturated carbocycles. The molecule has 0 bridgehead atoms. The summed E-state index contributed by atoms with van der Waals surface area (Å²) in [5.74, 6) is 0.621. The predicted molar refractivity (Wildman–Crippen MR) is 165 cm³/mol. The summed E-state index contributed by atoms with van der Waals surface area (Å²) in [6.45, 7) is 0. The molecule has 1 heterocycles. The molecule has 0 saturated heterocycles. The molecule has 0 amide bonds. The molecule has 0 atom stereocenters. The van der Waals surface area contributed by atoms with Crippen LogP contribution in [0.25, 0.3) is 61.9 Å². The van der Waals surface area contributed by atoms with Gasteiger partial charge < -0.3 is 0 Å². The quantitative estimate of drug-likeness (QED) is 0.248. The van der Waals surface area contributed by atoms with Crippen LogP contribution in [0.4, 0.5) is 0 Å². The first-order chi connectivity index (χ1) is 19.6. The van der Waals surface area contributed by atoms with Crippen LogP contribution in [0, 0.1) is 10.8 Å². The average Bonchev–Trinajstić information content (AvgIpc) is 3.03. The lowest BCUT2D eigenvalue weighted by Gasteiger charge is -2.16. The van der Waals surface area contributed by atoms with Crippen molar-refractivity contribution >= 4 is 28.3 Å². The van der Waals surface area contributed by atoms with Crippen molar-refractivity contribution in [2.45, 2.75) is 0 Å². The second-order valence-electron chi connectivity index (χ2n) is 9.86. The first kappa shape index (κ1) is 23.6. The average molecular weight is 513 g/mol. The summed E-state index contributed by atoms with van der Waals surface area (Å²) in [7, 11) is 0. The molecule has 0 fully saturated rings. The summed E-state index contributed by atoms with van der Waals surface area (Å²) >= 11 is 0. The van der Waals surface area contributed by atoms with Gasteiger partial charge in [0, 0.05) is 22.3 Å². The van der Waals surface area contributed by atoms with Crippen LogP contribution < -0.4 is 0 Å². The summed E-state index contributed by atoms with van der Waals surface area (Å²) in [5.41, 5.74) is 9.11. The Balaban J connectivity index is 1.38. The minimum Gasteiger partial charge on any atom is -0.299 e. The van der Waals surface area contributed by atoms with E-state index in [2.05, 4.69) is 60.7 Å². The summed E-state index contributed by atoms with van der Waals surface area (Å²) in [6, 6.07) is 41.2. The number of fused-ring (bicyclic) bond motifs is 3. The van der Waals surface area contributed by atoms with Gasteiger partial charge in [0.25, 0.3) is 0 Å². The second kappa shape index (κ2) is 9.68. The number of nitrogens with zero attached hydrogens (tertiary/aromatic N) is 2. The zero-order valence-corrected chi connectivity index (χ0v) is 21.6. The van der Waals surface area contributed by atoms with Gasteiger partial charge in [-0.3, -0.25) is 10.8 Å². The van der Waals surface area contributed by atoms with Crippen molar-refractivity contribution in [3.05, 3.63) is 139 Å². The minimum absolute atomic E-state index is 0.217. The Morgan fingerprint density at radius 1 is 0.475 bits per heavy atom. The number of aromatic nitrogens is 2. The van der Waals surface area contributed by atoms with E-state index in [0.717, 1.165) is 55.5 Å². The molecule has 4 nitrogen and oxygen atoms in total. The van der Waals surface area contributed by atoms with Crippen LogP contribution in [0.5, 0.6) is 0 Å². The number of hydrogen-bond donors (Lipinski definition) is 2. The maximum absolute atomic E-state index is 8.60. The standard InChI is InChI=1S/C36H24N4/c37-31-20-19-28-17-13-25-14-18-29(21-30(25)34(28)35(31)38)36-39-32(26-9-5-2-6-10-26)22-33(40-36)27-15-11-24(12-16-27)23-7-3-1-4-8-23/h1-22,37-38H. The summed E-state index contributed by atoms with van der Waals surface area (Å²) < 4.78 is 0. The zero-order chi connectivity index (χ0) is 27.1. The van der Waals surface area contributed by atoms with Crippen molar-refractivity contribution in [2.75, 3.05) is 0 Å². The summed E-state index contributed by atoms with van der Waals surface area (Å²) in [4.78, 5) is 10.0. The molecule has 2 N–H and O–H groups in total. The van der Waals surface area contributed by atoms with E-state index in [9.17, 15) is 0 Å². The SMILES string of the molecule is N=C1C=Cc2ccc3ccc(-c4nc(-c5ccccc5)cc(-c5ccc(-c6ccccc6)cc5)n4)cc3c2C1=N. The third-order valence-corrected chi connectivity index (χ3v) is 7.34. The first-order valence-electron chi connectivity index (χ1n) is 13.2. The molecule has 6 aromatic rings. The fourth-order valence-corrected chi connectivity index (χ4v) is 5.23. The van der Waals surface area contributed by atoms with Gasteiger partial charge >= 0.3 is 0 Å². The molecule has 0 spiro atoms. The van der Waals surface area contributed by atoms with Crippen LogP contribution in [0.15, 0.2) is 127 Å². The highest BCUT2D eigenvalue weighted by Gasteiger charge is 2.19. The van der Waals surface area contributed by atoms with E-state index in [1.165, 1.54) is 5.56 Å². The minimum atomic E-state index is 0.217. The largest absolute Gasteiger partial charge is 0.299 e. The van der Waals surface area contributed by atoms with Gasteiger partial charge in [0.2, 0.25) is 0 Å². The topological polar surface area (TPSA) is 73.5 Å². The van der Waals surface area contributed by atoms with Gasteiger partial charge in [-0.2, -0.15) is 0 Å². The third-order valence-electron chi connectivity index (χ3n) is 7.34. The summed E-state index contributed by atoms with van der Waals surface area (Å²) in [6.07, 6.45) is 3.59. The van der Waals surface area contributed by atoms with E-state index in [1.54, 1.807) is 6.08 Å². The number of allylic oxidation sites excluding steroid dienone is 1. The van der Waals surface area contributed by atoms with Gasteiger partial charge in [-0.05, 0) is 45.7 Å². The Labute approximate surface area is 232 Å². The van der Waals surface area contributed by atoms with Crippen molar-refractivity contribution in [2.24, 2.45) is 0 Å². The van der Waals surface area contributed by atoms with E-state index >= 15 is 0 Å². The van der Waals surface area contributed by atoms with Crippen LogP contribution >= 0.6 is 0 Å². The molecule has 5 aromatic carbocycles. The Morgan fingerprint density at radius 3 is 1.73 bits per heavy atom. The zero-order valence-electron chi connectivity index (χ0n) is 21.6. The molecular formula is C36H24N4. The van der Waals surface area contributed by atoms with Gasteiger partial charge in [-0.15, -0.1) is 0 Å². The Kier molecular flexibility index (Phi) is 5.72. The molecule has 0 aliphatic heterocycles. The molecule has 7 rings (SSSR count). The van der Waals surface area contributed by atoms with Crippen molar-refractivity contribution in [3.63, 3.8) is 0 Å². The normalized spacial score (nSPS) is 12.5. The highest BCUT2D eigenvalue weighted by atomic mass is 14.9. The fourth-order valence-electron chi connectivity index (χ4n) is 5.23. The lowest BCUT2D eigenvalue weighted by Crippen LogP contribution is -2.16. The molecule has 1 aliphatic carbocycles. The maximum Gasteiger partial charge on any atom is 0.160 e. The second-order valence-corrected chi connectivity index (χ2v) is 9.86. The molecular weight excluding hydrogens is 488 g/mol. The first-order valence-corrected chi connectivity index (χ1v) is 13.2. The van der Waals surface area contributed by atoms with E-state index in [0.29, 0.717) is 5.82 Å². The van der Waals surface area contributed by atoms with Crippen molar-refractivity contribution in [1.82, 2.24) is 9.97 Å². The molecule has 0 radical (unpaired) electrons. The van der Waals surface area contributed by atoms with Gasteiger partial charge in [-0.1, -0.05) is 115 Å². The predicted octanol–water partition coefficient (Wildman–Crippen LogP) is 8.71. The molecule has 1 aliphatic rings. The highest BCUT2D eigenvalue weighted by Crippen LogP contribution is 2.33. The van der Waals surface area contributed by atoms with Crippen LogP contribution in [-0.4, -0.2) is 21.4 Å².